The maximum absolute atomic E-state index is 13.8. The Bertz CT molecular complexity index is 5150. The van der Waals surface area contributed by atoms with Gasteiger partial charge in [-0.3, -0.25) is 34.3 Å². The number of carboxylic acids is 1. The molecule has 12 aliphatic rings. The molecule has 4 spiro atoms. The van der Waals surface area contributed by atoms with Gasteiger partial charge in [-0.05, 0) is 112 Å². The molecule has 0 unspecified atom stereocenters. The quantitative estimate of drug-likeness (QED) is 0.0803. The molecule has 10 aliphatic heterocycles. The van der Waals surface area contributed by atoms with E-state index >= 15 is 0 Å². The predicted molar refractivity (Wildman–Crippen MR) is 477 cm³/mol. The zero-order valence-corrected chi connectivity index (χ0v) is 74.7. The number of benzene rings is 4. The minimum Gasteiger partial charge on any atom is -0.497 e. The molecule has 12 fully saturated rings. The first-order chi connectivity index (χ1) is 61.3. The summed E-state index contributed by atoms with van der Waals surface area (Å²) in [5.74, 6) is 0.521. The Hall–Kier alpha value is -9.88. The van der Waals surface area contributed by atoms with Crippen molar-refractivity contribution in [2.75, 3.05) is 214 Å². The van der Waals surface area contributed by atoms with Gasteiger partial charge in [-0.25, -0.2) is 14.4 Å². The predicted octanol–water partition coefficient (Wildman–Crippen LogP) is 10.8. The summed E-state index contributed by atoms with van der Waals surface area (Å²) in [7, 11) is 6.43. The van der Waals surface area contributed by atoms with Gasteiger partial charge in [0.25, 0.3) is 5.91 Å². The number of hydrogen-bond acceptors (Lipinski definition) is 29. The summed E-state index contributed by atoms with van der Waals surface area (Å²) in [6, 6.07) is 22.3. The molecule has 684 valence electrons. The second-order valence-electron chi connectivity index (χ2n) is 32.7. The number of hydrogen-bond donors (Lipinski definition) is 3. The Morgan fingerprint density at radius 1 is 0.394 bits per heavy atom. The first-order valence-corrected chi connectivity index (χ1v) is 44.4. The van der Waals surface area contributed by atoms with Crippen LogP contribution in [0.4, 0.5) is 17.1 Å². The maximum Gasteiger partial charge on any atom is 0.341 e. The second kappa shape index (κ2) is 42.6. The number of rotatable bonds is 15. The molecule has 3 amide bonds. The standard InChI is InChI=1S/C26H32N4O5.C20H24N2O5.C18H20N2O5.C13H12ClNO3.C8H14N2O.C7H13NO2.ClH/c1-33-19-4-5-22-20(16-19)23(28-8-6-26(7-9-28)34-14-15-35-26)21(17-27-22)25(32)30-12-10-29(11-13-30)24(31)18-2-3-18;1-3-25-19(23)16-13-21-17-5-4-14(24-2)12-15(17)18(16)22-8-6-20(7-9-22)26-10-11-27-20;1-23-12-2-3-15-13(10-12)16(14(11-19-15)17(21)22)20-6-4-18(5-7-20)24-8-9-25-18;1-3-18-13(16)10-7-15-11-5-4-8(17-2)6-9(11)12(10)14;11-8(7-1-2-7)10-5-3-9-4-6-10;1-3-8-4-2-7(1)9-5-6-10-7;/h4-5,16-18H,2-3,6-15H2,1H3;4-5,12-13H,3,6-11H2,1-2H3;2-3,10-11H,4-9H2,1H3,(H,21,22);4-7H,3H2,1-2H3;7,9H,1-6H2;8H,1-6H2;1H. The van der Waals surface area contributed by atoms with Crippen LogP contribution in [0.25, 0.3) is 43.6 Å². The van der Waals surface area contributed by atoms with E-state index in [0.717, 1.165) is 198 Å². The van der Waals surface area contributed by atoms with E-state index in [4.69, 9.17) is 77.9 Å². The van der Waals surface area contributed by atoms with E-state index < -0.39 is 29.3 Å². The van der Waals surface area contributed by atoms with Crippen LogP contribution in [0.5, 0.6) is 23.0 Å². The van der Waals surface area contributed by atoms with E-state index in [9.17, 15) is 33.9 Å². The number of carbonyl (C=O) groups excluding carboxylic acids is 5. The van der Waals surface area contributed by atoms with Gasteiger partial charge in [0, 0.05) is 214 Å². The van der Waals surface area contributed by atoms with E-state index in [1.54, 1.807) is 72.9 Å². The molecule has 2 aliphatic carbocycles. The fourth-order valence-electron chi connectivity index (χ4n) is 17.7. The minimum absolute atomic E-state index is 0. The summed E-state index contributed by atoms with van der Waals surface area (Å²) >= 11 is 6.20. The molecule has 14 heterocycles. The van der Waals surface area contributed by atoms with E-state index in [-0.39, 0.29) is 53.0 Å². The molecule has 0 bridgehead atoms. The van der Waals surface area contributed by atoms with Crippen molar-refractivity contribution >= 4 is 120 Å². The molecule has 35 heteroatoms. The number of nitrogens with one attached hydrogen (secondary N) is 2. The Kier molecular flexibility index (Phi) is 31.3. The third-order valence-electron chi connectivity index (χ3n) is 24.9. The van der Waals surface area contributed by atoms with Crippen molar-refractivity contribution in [2.45, 2.75) is 114 Å². The average molecular weight is 1800 g/mol. The number of fused-ring (bicyclic) bond motifs is 4. The Balaban J connectivity index is 0.000000129. The van der Waals surface area contributed by atoms with Gasteiger partial charge >= 0.3 is 17.9 Å². The van der Waals surface area contributed by atoms with Crippen molar-refractivity contribution in [3.63, 3.8) is 0 Å². The highest BCUT2D eigenvalue weighted by molar-refractivity contribution is 6.38. The molecule has 20 rings (SSSR count). The van der Waals surface area contributed by atoms with Crippen LogP contribution < -0.4 is 44.3 Å². The number of piperazine rings is 2. The number of halogens is 2. The highest BCUT2D eigenvalue weighted by atomic mass is 35.5. The molecule has 8 aromatic rings. The Labute approximate surface area is 749 Å². The van der Waals surface area contributed by atoms with Gasteiger partial charge in [-0.2, -0.15) is 0 Å². The van der Waals surface area contributed by atoms with E-state index in [0.29, 0.717) is 161 Å². The molecule has 4 aromatic carbocycles. The summed E-state index contributed by atoms with van der Waals surface area (Å²) in [5.41, 5.74) is 7.03. The van der Waals surface area contributed by atoms with Crippen LogP contribution in [0.1, 0.15) is 132 Å². The van der Waals surface area contributed by atoms with Gasteiger partial charge in [0.1, 0.15) is 34.1 Å². The lowest BCUT2D eigenvalue weighted by atomic mass is 9.99. The first kappa shape index (κ1) is 93.3. The summed E-state index contributed by atoms with van der Waals surface area (Å²) in [4.78, 5) is 104. The number of pyridine rings is 4. The van der Waals surface area contributed by atoms with Crippen LogP contribution >= 0.6 is 24.0 Å². The summed E-state index contributed by atoms with van der Waals surface area (Å²) in [6.45, 7) is 21.8. The fourth-order valence-corrected chi connectivity index (χ4v) is 18.0. The van der Waals surface area contributed by atoms with Crippen LogP contribution in [0.15, 0.2) is 97.6 Å². The number of nitrogens with zero attached hydrogens (tertiary/aromatic N) is 10. The maximum atomic E-state index is 13.8. The van der Waals surface area contributed by atoms with Crippen LogP contribution in [0.2, 0.25) is 5.02 Å². The molecule has 2 saturated carbocycles. The van der Waals surface area contributed by atoms with Crippen molar-refractivity contribution < 1.29 is 100 Å². The zero-order valence-electron chi connectivity index (χ0n) is 73.1. The number of anilines is 3. The summed E-state index contributed by atoms with van der Waals surface area (Å²) in [6.07, 6.45) is 16.9. The number of carboxylic acid groups (broad SMARTS) is 1. The van der Waals surface area contributed by atoms with Crippen molar-refractivity contribution in [1.29, 1.82) is 0 Å². The molecular weight excluding hydrogens is 1680 g/mol. The van der Waals surface area contributed by atoms with Gasteiger partial charge < -0.3 is 111 Å². The third kappa shape index (κ3) is 22.0. The number of piperidine rings is 4. The van der Waals surface area contributed by atoms with E-state index in [1.165, 1.54) is 12.4 Å². The topological polar surface area (TPSA) is 347 Å². The number of aromatic carboxylic acids is 1. The zero-order chi connectivity index (χ0) is 88.0. The van der Waals surface area contributed by atoms with Crippen LogP contribution in [0.3, 0.4) is 0 Å². The highest BCUT2D eigenvalue weighted by Crippen LogP contribution is 2.44. The van der Waals surface area contributed by atoms with Gasteiger partial charge in [0.05, 0.1) is 150 Å². The smallest absolute Gasteiger partial charge is 0.341 e. The molecule has 33 nitrogen and oxygen atoms in total. The van der Waals surface area contributed by atoms with Crippen LogP contribution in [-0.2, 0) is 57.0 Å². The number of esters is 2. The second-order valence-corrected chi connectivity index (χ2v) is 33.1. The SMILES string of the molecule is C1CC2(CCN1)OCCO2.CCOC(=O)c1cnc2ccc(OC)cc2c1Cl.CCOC(=O)c1cnc2ccc(OC)cc2c1N1CCC2(CC1)OCCO2.COc1ccc2ncc(C(=O)N3CCN(C(=O)C4CC4)CC3)c(N3CCC4(CC3)OCCO4)c2c1.COc1ccc2ncc(C(=O)O)c(N3CCC4(CC3)OCCO4)c2c1.Cl.O=C(C1CC1)N1CCNCC1. The Morgan fingerprint density at radius 2 is 0.693 bits per heavy atom. The molecule has 3 N–H and O–H groups in total. The van der Waals surface area contributed by atoms with Gasteiger partial charge in [0.15, 0.2) is 23.1 Å². The molecule has 0 atom stereocenters. The Morgan fingerprint density at radius 3 is 1.06 bits per heavy atom. The number of ether oxygens (including phenoxy) is 14. The largest absolute Gasteiger partial charge is 0.497 e. The van der Waals surface area contributed by atoms with Crippen molar-refractivity contribution in [3.05, 3.63) is 125 Å². The molecule has 0 radical (unpaired) electrons. The molecular formula is C92H116Cl2N12O21. The average Bonchev–Trinajstić information content (AvgIpc) is 1.26. The van der Waals surface area contributed by atoms with E-state index in [1.807, 2.05) is 69.3 Å². The van der Waals surface area contributed by atoms with Crippen LogP contribution in [-0.4, -0.2) is 298 Å². The number of amides is 3. The van der Waals surface area contributed by atoms with Gasteiger partial charge in [-0.1, -0.05) is 11.6 Å². The highest BCUT2D eigenvalue weighted by Gasteiger charge is 2.46. The first-order valence-electron chi connectivity index (χ1n) is 44.1. The van der Waals surface area contributed by atoms with Gasteiger partial charge in [-0.15, -0.1) is 12.4 Å². The lowest BCUT2D eigenvalue weighted by Crippen LogP contribution is -2.51. The lowest BCUT2D eigenvalue weighted by molar-refractivity contribution is -0.172. The van der Waals surface area contributed by atoms with Crippen molar-refractivity contribution in [1.82, 2.24) is 45.3 Å². The normalized spacial score (nSPS) is 20.1. The van der Waals surface area contributed by atoms with Crippen LogP contribution in [0, 0.1) is 11.8 Å². The van der Waals surface area contributed by atoms with Crippen molar-refractivity contribution in [2.24, 2.45) is 11.8 Å². The number of methoxy groups -OCH3 is 4. The lowest BCUT2D eigenvalue weighted by Gasteiger charge is -2.40. The third-order valence-corrected chi connectivity index (χ3v) is 25.3. The number of aromatic nitrogens is 4. The summed E-state index contributed by atoms with van der Waals surface area (Å²) < 4.78 is 77.6. The summed E-state index contributed by atoms with van der Waals surface area (Å²) in [5, 5.41) is 19.7. The fraction of sp³-hybridized carbons (Fsp3) is 0.543. The van der Waals surface area contributed by atoms with Crippen molar-refractivity contribution in [3.8, 4) is 23.0 Å². The molecule has 4 aromatic heterocycles. The minimum atomic E-state index is -0.985. The molecule has 127 heavy (non-hydrogen) atoms. The number of carbonyl (C=O) groups is 6. The monoisotopic (exact) mass is 1790 g/mol. The van der Waals surface area contributed by atoms with Gasteiger partial charge in [0.2, 0.25) is 11.8 Å². The van der Waals surface area contributed by atoms with E-state index in [2.05, 4.69) is 45.3 Å². The molecule has 10 saturated heterocycles.